The molecule has 2 rings (SSSR count). The summed E-state index contributed by atoms with van der Waals surface area (Å²) in [5.41, 5.74) is 0. The lowest BCUT2D eigenvalue weighted by atomic mass is 10.1. The van der Waals surface area contributed by atoms with Crippen LogP contribution in [0.15, 0.2) is 0 Å². The highest BCUT2D eigenvalue weighted by molar-refractivity contribution is 4.66. The second kappa shape index (κ2) is 9.30. The summed E-state index contributed by atoms with van der Waals surface area (Å²) >= 11 is 0. The van der Waals surface area contributed by atoms with Gasteiger partial charge in [-0.25, -0.2) is 0 Å². The number of rotatable bonds is 8. The quantitative estimate of drug-likeness (QED) is 0.290. The maximum atomic E-state index is 11.2. The van der Waals surface area contributed by atoms with Crippen LogP contribution in [0.3, 0.4) is 0 Å². The zero-order chi connectivity index (χ0) is 16.7. The highest BCUT2D eigenvalue weighted by atomic mass is 17.0. The average Bonchev–Trinajstić information content (AvgIpc) is 2.52. The fourth-order valence-corrected chi connectivity index (χ4v) is 2.88. The van der Waals surface area contributed by atoms with E-state index >= 15 is 0 Å². The Morgan fingerprint density at radius 2 is 1.30 bits per heavy atom. The van der Waals surface area contributed by atoms with Gasteiger partial charge in [0.05, 0.1) is 51.6 Å². The molecule has 2 heterocycles. The third-order valence-electron chi connectivity index (χ3n) is 4.25. The maximum Gasteiger partial charge on any atom is 0.294 e. The van der Waals surface area contributed by atoms with Gasteiger partial charge in [0.15, 0.2) is 6.10 Å². The highest BCUT2D eigenvalue weighted by Gasteiger charge is 2.24. The van der Waals surface area contributed by atoms with Crippen LogP contribution in [-0.2, 0) is 14.3 Å². The predicted molar refractivity (Wildman–Crippen MR) is 77.9 cm³/mol. The molecule has 0 aromatic rings. The first-order chi connectivity index (χ1) is 11.0. The van der Waals surface area contributed by atoms with E-state index in [1.807, 2.05) is 0 Å². The van der Waals surface area contributed by atoms with Crippen molar-refractivity contribution in [2.45, 2.75) is 44.0 Å². The Morgan fingerprint density at radius 1 is 0.913 bits per heavy atom. The van der Waals surface area contributed by atoms with E-state index < -0.39 is 11.2 Å². The molecule has 0 amide bonds. The Morgan fingerprint density at radius 3 is 1.65 bits per heavy atom. The minimum atomic E-state index is -0.841. The second-order valence-electron chi connectivity index (χ2n) is 6.09. The molecule has 0 aliphatic carbocycles. The zero-order valence-electron chi connectivity index (χ0n) is 13.1. The van der Waals surface area contributed by atoms with Gasteiger partial charge < -0.3 is 34.9 Å². The summed E-state index contributed by atoms with van der Waals surface area (Å²) < 4.78 is 11.3. The number of hydroxylamine groups is 4. The molecule has 10 heteroatoms. The fourth-order valence-electron chi connectivity index (χ4n) is 2.88. The number of ether oxygens (including phenoxy) is 2. The lowest BCUT2D eigenvalue weighted by molar-refractivity contribution is -0.854. The second-order valence-corrected chi connectivity index (χ2v) is 6.09. The van der Waals surface area contributed by atoms with Crippen LogP contribution in [0.25, 0.3) is 0 Å². The van der Waals surface area contributed by atoms with Crippen LogP contribution in [0.2, 0.25) is 0 Å². The van der Waals surface area contributed by atoms with Crippen LogP contribution in [-0.4, -0.2) is 62.8 Å². The first-order valence-corrected chi connectivity index (χ1v) is 8.10. The Labute approximate surface area is 134 Å². The molecule has 2 aliphatic rings. The van der Waals surface area contributed by atoms with E-state index in [0.717, 1.165) is 0 Å². The molecule has 2 N–H and O–H groups in total. The Kier molecular flexibility index (Phi) is 7.40. The molecule has 0 aromatic heterocycles. The molecular formula is C13H25N3O7. The van der Waals surface area contributed by atoms with Crippen LogP contribution < -0.4 is 10.1 Å². The molecule has 23 heavy (non-hydrogen) atoms. The van der Waals surface area contributed by atoms with E-state index in [9.17, 15) is 20.5 Å². The largest absolute Gasteiger partial charge is 0.634 e. The number of quaternary nitrogens is 2. The van der Waals surface area contributed by atoms with Crippen molar-refractivity contribution in [3.05, 3.63) is 20.5 Å². The molecule has 0 saturated carbocycles. The van der Waals surface area contributed by atoms with Crippen molar-refractivity contribution in [1.29, 1.82) is 0 Å². The van der Waals surface area contributed by atoms with Crippen molar-refractivity contribution >= 4 is 0 Å². The van der Waals surface area contributed by atoms with Crippen molar-refractivity contribution in [2.24, 2.45) is 0 Å². The van der Waals surface area contributed by atoms with Crippen molar-refractivity contribution in [3.8, 4) is 0 Å². The molecule has 2 fully saturated rings. The van der Waals surface area contributed by atoms with Crippen LogP contribution in [0, 0.1) is 20.5 Å². The Bertz CT molecular complexity index is 331. The number of hydrogen-bond acceptors (Lipinski definition) is 7. The summed E-state index contributed by atoms with van der Waals surface area (Å²) in [6, 6.07) is 0. The molecule has 0 radical (unpaired) electrons. The number of nitrogens with zero attached hydrogens (tertiary/aromatic N) is 1. The normalized spacial score (nSPS) is 33.1. The first kappa shape index (κ1) is 18.3. The molecule has 2 saturated heterocycles. The van der Waals surface area contributed by atoms with E-state index in [1.54, 1.807) is 0 Å². The summed E-state index contributed by atoms with van der Waals surface area (Å²) in [5, 5.41) is 32.6. The molecule has 10 nitrogen and oxygen atoms in total. The van der Waals surface area contributed by atoms with Gasteiger partial charge in [-0.2, -0.15) is 0 Å². The number of piperidine rings is 2. The molecular weight excluding hydrogens is 310 g/mol. The van der Waals surface area contributed by atoms with Crippen molar-refractivity contribution < 1.29 is 29.5 Å². The molecule has 0 unspecified atom stereocenters. The Balaban J connectivity index is 1.69. The van der Waals surface area contributed by atoms with E-state index in [2.05, 4.69) is 4.84 Å². The van der Waals surface area contributed by atoms with Gasteiger partial charge in [-0.1, -0.05) is 0 Å². The van der Waals surface area contributed by atoms with E-state index in [4.69, 9.17) is 9.47 Å². The molecule has 134 valence electrons. The molecule has 0 bridgehead atoms. The lowest BCUT2D eigenvalue weighted by Gasteiger charge is -2.33. The van der Waals surface area contributed by atoms with Crippen molar-refractivity contribution in [2.75, 3.05) is 39.4 Å². The summed E-state index contributed by atoms with van der Waals surface area (Å²) in [5.74, 6) is 0. The number of hydrogen-bond donors (Lipinski definition) is 2. The van der Waals surface area contributed by atoms with Gasteiger partial charge in [0.2, 0.25) is 0 Å². The third kappa shape index (κ3) is 6.94. The van der Waals surface area contributed by atoms with Gasteiger partial charge in [0.1, 0.15) is 0 Å². The third-order valence-corrected chi connectivity index (χ3v) is 4.25. The Hall–Kier alpha value is -1.04. The van der Waals surface area contributed by atoms with Gasteiger partial charge in [0.25, 0.3) is 5.09 Å². The van der Waals surface area contributed by atoms with E-state index in [-0.39, 0.29) is 35.5 Å². The topological polar surface area (TPSA) is 126 Å². The van der Waals surface area contributed by atoms with Crippen LogP contribution in [0.4, 0.5) is 0 Å². The van der Waals surface area contributed by atoms with Gasteiger partial charge in [-0.3, -0.25) is 0 Å². The van der Waals surface area contributed by atoms with Gasteiger partial charge in [-0.05, 0) is 0 Å². The minimum Gasteiger partial charge on any atom is -0.634 e. The molecule has 0 spiro atoms. The fraction of sp³-hybridized carbons (Fsp3) is 1.00. The van der Waals surface area contributed by atoms with E-state index in [0.29, 0.717) is 51.9 Å². The summed E-state index contributed by atoms with van der Waals surface area (Å²) in [4.78, 5) is 15.2. The van der Waals surface area contributed by atoms with Gasteiger partial charge >= 0.3 is 0 Å². The van der Waals surface area contributed by atoms with Crippen LogP contribution >= 0.6 is 0 Å². The zero-order valence-corrected chi connectivity index (χ0v) is 13.1. The average molecular weight is 335 g/mol. The van der Waals surface area contributed by atoms with Crippen LogP contribution in [0.1, 0.15) is 25.7 Å². The monoisotopic (exact) mass is 335 g/mol. The first-order valence-electron chi connectivity index (χ1n) is 8.10. The van der Waals surface area contributed by atoms with Crippen molar-refractivity contribution in [3.63, 3.8) is 0 Å². The summed E-state index contributed by atoms with van der Waals surface area (Å²) in [6.07, 6.45) is 1.69. The smallest absolute Gasteiger partial charge is 0.294 e. The van der Waals surface area contributed by atoms with Crippen molar-refractivity contribution in [1.82, 2.24) is 0 Å². The predicted octanol–water partition coefficient (Wildman–Crippen LogP) is -2.31. The standard InChI is InChI=1S/C13H25N3O7/c17-14-5-1-11(2-6-14)21-9-13(23-16(19)20)10-22-12-3-7-15(18)8-4-12/h11-15H,1-10H2. The lowest BCUT2D eigenvalue weighted by Crippen LogP contribution is -3.08. The van der Waals surface area contributed by atoms with Crippen LogP contribution in [0.5, 0.6) is 0 Å². The van der Waals surface area contributed by atoms with Gasteiger partial charge in [-0.15, -0.1) is 10.1 Å². The number of nitrogens with one attached hydrogen (secondary N) is 2. The minimum absolute atomic E-state index is 0.0575. The van der Waals surface area contributed by atoms with Gasteiger partial charge in [0, 0.05) is 25.7 Å². The molecule has 0 atom stereocenters. The van der Waals surface area contributed by atoms with E-state index in [1.165, 1.54) is 0 Å². The summed E-state index contributed by atoms with van der Waals surface area (Å²) in [6.45, 7) is 2.11. The summed E-state index contributed by atoms with van der Waals surface area (Å²) in [7, 11) is 0. The maximum absolute atomic E-state index is 11.2. The highest BCUT2D eigenvalue weighted by Crippen LogP contribution is 2.10. The molecule has 2 aliphatic heterocycles. The molecule has 0 aromatic carbocycles. The SMILES string of the molecule is O=[N+]([O-])OC(COC1CC[NH+]([O-])CC1)COC1CC[NH+]([O-])CC1.